The third-order valence-corrected chi connectivity index (χ3v) is 7.30. The molecule has 1 fully saturated rings. The van der Waals surface area contributed by atoms with Crippen LogP contribution < -0.4 is 5.73 Å². The Balaban J connectivity index is 1.52. The van der Waals surface area contributed by atoms with Crippen LogP contribution in [0.4, 0.5) is 0 Å². The van der Waals surface area contributed by atoms with Gasteiger partial charge < -0.3 is 15.4 Å². The highest BCUT2D eigenvalue weighted by atomic mass is 32.1. The zero-order chi connectivity index (χ0) is 20.5. The average molecular weight is 407 g/mol. The van der Waals surface area contributed by atoms with Crippen molar-refractivity contribution in [1.29, 1.82) is 0 Å². The molecule has 1 aromatic heterocycles. The number of hydrogen-bond acceptors (Lipinski definition) is 5. The van der Waals surface area contributed by atoms with Gasteiger partial charge in [0.2, 0.25) is 5.91 Å². The van der Waals surface area contributed by atoms with Gasteiger partial charge in [-0.15, -0.1) is 11.3 Å². The second-order valence-corrected chi connectivity index (χ2v) is 10.1. The van der Waals surface area contributed by atoms with Gasteiger partial charge in [-0.25, -0.2) is 4.79 Å². The molecule has 2 amide bonds. The van der Waals surface area contributed by atoms with Crippen molar-refractivity contribution in [2.24, 2.45) is 23.0 Å². The van der Waals surface area contributed by atoms with Gasteiger partial charge in [-0.3, -0.25) is 9.59 Å². The minimum atomic E-state index is -0.424. The van der Waals surface area contributed by atoms with Gasteiger partial charge in [0.05, 0.1) is 0 Å². The fourth-order valence-corrected chi connectivity index (χ4v) is 5.17. The molecule has 2 N–H and O–H groups in total. The van der Waals surface area contributed by atoms with Crippen molar-refractivity contribution in [3.05, 3.63) is 21.4 Å². The molecule has 1 aliphatic heterocycles. The number of esters is 1. The van der Waals surface area contributed by atoms with Crippen molar-refractivity contribution in [2.75, 3.05) is 19.7 Å². The molecule has 1 aliphatic carbocycles. The van der Waals surface area contributed by atoms with E-state index in [4.69, 9.17) is 10.5 Å². The lowest BCUT2D eigenvalue weighted by Gasteiger charge is -2.33. The lowest BCUT2D eigenvalue weighted by molar-refractivity contribution is -0.137. The van der Waals surface area contributed by atoms with Gasteiger partial charge >= 0.3 is 5.97 Å². The van der Waals surface area contributed by atoms with E-state index in [0.29, 0.717) is 36.7 Å². The Bertz CT molecular complexity index is 757. The summed E-state index contributed by atoms with van der Waals surface area (Å²) >= 11 is 1.50. The molecule has 0 radical (unpaired) electrons. The molecule has 28 heavy (non-hydrogen) atoms. The van der Waals surface area contributed by atoms with Crippen molar-refractivity contribution < 1.29 is 19.1 Å². The fourth-order valence-electron chi connectivity index (χ4n) is 4.07. The van der Waals surface area contributed by atoms with Crippen LogP contribution in [-0.2, 0) is 27.2 Å². The van der Waals surface area contributed by atoms with Crippen LogP contribution in [0.25, 0.3) is 0 Å². The predicted octanol–water partition coefficient (Wildman–Crippen LogP) is 2.78. The number of nitrogens with two attached hydrogens (primary N) is 1. The fraction of sp³-hybridized carbons (Fsp3) is 0.667. The molecule has 6 nitrogen and oxygen atoms in total. The third kappa shape index (κ3) is 4.74. The number of thiophene rings is 1. The number of rotatable bonds is 4. The number of likely N-dealkylation sites (tertiary alicyclic amines) is 1. The Hall–Kier alpha value is -1.89. The normalized spacial score (nSPS) is 20.5. The number of amides is 2. The van der Waals surface area contributed by atoms with E-state index in [1.807, 2.05) is 6.07 Å². The van der Waals surface area contributed by atoms with Gasteiger partial charge in [-0.2, -0.15) is 0 Å². The van der Waals surface area contributed by atoms with E-state index >= 15 is 0 Å². The zero-order valence-corrected chi connectivity index (χ0v) is 17.8. The molecular formula is C21H30N2O4S. The van der Waals surface area contributed by atoms with Crippen molar-refractivity contribution in [1.82, 2.24) is 4.90 Å². The molecule has 0 bridgehead atoms. The molecule has 1 aromatic rings. The summed E-state index contributed by atoms with van der Waals surface area (Å²) in [6.45, 7) is 7.50. The van der Waals surface area contributed by atoms with Gasteiger partial charge in [0.15, 0.2) is 6.61 Å². The number of ether oxygens (including phenoxy) is 1. The minimum Gasteiger partial charge on any atom is -0.451 e. The minimum absolute atomic E-state index is 0.166. The molecule has 0 spiro atoms. The van der Waals surface area contributed by atoms with E-state index in [9.17, 15) is 14.4 Å². The van der Waals surface area contributed by atoms with Crippen LogP contribution in [-0.4, -0.2) is 42.4 Å². The Kier molecular flexibility index (Phi) is 6.12. The largest absolute Gasteiger partial charge is 0.451 e. The van der Waals surface area contributed by atoms with Crippen LogP contribution in [0.15, 0.2) is 6.07 Å². The third-order valence-electron chi connectivity index (χ3n) is 6.09. The summed E-state index contributed by atoms with van der Waals surface area (Å²) in [5, 5.41) is 0. The lowest BCUT2D eigenvalue weighted by atomic mass is 9.72. The number of aryl methyl sites for hydroxylation is 1. The number of nitrogens with zero attached hydrogens (tertiary/aromatic N) is 1. The van der Waals surface area contributed by atoms with E-state index < -0.39 is 5.97 Å². The van der Waals surface area contributed by atoms with Crippen molar-refractivity contribution in [3.63, 3.8) is 0 Å². The quantitative estimate of drug-likeness (QED) is 0.779. The smallest absolute Gasteiger partial charge is 0.348 e. The molecule has 154 valence electrons. The van der Waals surface area contributed by atoms with Crippen LogP contribution >= 0.6 is 11.3 Å². The van der Waals surface area contributed by atoms with Crippen molar-refractivity contribution in [2.45, 2.75) is 52.9 Å². The maximum absolute atomic E-state index is 12.4. The van der Waals surface area contributed by atoms with Crippen molar-refractivity contribution in [3.8, 4) is 0 Å². The first-order valence-electron chi connectivity index (χ1n) is 10.0. The van der Waals surface area contributed by atoms with Gasteiger partial charge in [0.25, 0.3) is 5.91 Å². The standard InChI is InChI=1S/C21H30N2O4S/c1-21(2,3)15-4-5-16-14(10-15)11-17(28-16)20(26)27-12-18(24)23-8-6-13(7-9-23)19(22)25/h11,13,15H,4-10,12H2,1-3H3,(H2,22,25)/t15-/m0/s1. The number of piperidine rings is 1. The summed E-state index contributed by atoms with van der Waals surface area (Å²) in [4.78, 5) is 39.4. The Morgan fingerprint density at radius 1 is 1.21 bits per heavy atom. The highest BCUT2D eigenvalue weighted by Crippen LogP contribution is 2.40. The van der Waals surface area contributed by atoms with Gasteiger partial charge in [0, 0.05) is 23.9 Å². The maximum atomic E-state index is 12.4. The molecule has 0 aromatic carbocycles. The molecule has 0 unspecified atom stereocenters. The SMILES string of the molecule is CC(C)(C)[C@H]1CCc2sc(C(=O)OCC(=O)N3CCC(C(N)=O)CC3)cc2C1. The van der Waals surface area contributed by atoms with E-state index in [-0.39, 0.29) is 29.8 Å². The molecular weight excluding hydrogens is 376 g/mol. The Morgan fingerprint density at radius 2 is 1.89 bits per heavy atom. The molecule has 0 saturated carbocycles. The first-order chi connectivity index (χ1) is 13.1. The van der Waals surface area contributed by atoms with Crippen LogP contribution in [0, 0.1) is 17.3 Å². The summed E-state index contributed by atoms with van der Waals surface area (Å²) in [6.07, 6.45) is 4.29. The monoisotopic (exact) mass is 406 g/mol. The number of primary amides is 1. The first-order valence-corrected chi connectivity index (χ1v) is 10.8. The summed E-state index contributed by atoms with van der Waals surface area (Å²) < 4.78 is 5.28. The lowest BCUT2D eigenvalue weighted by Crippen LogP contribution is -2.43. The molecule has 1 saturated heterocycles. The summed E-state index contributed by atoms with van der Waals surface area (Å²) in [7, 11) is 0. The van der Waals surface area contributed by atoms with Gasteiger partial charge in [0.1, 0.15) is 4.88 Å². The van der Waals surface area contributed by atoms with Gasteiger partial charge in [-0.05, 0) is 55.1 Å². The zero-order valence-electron chi connectivity index (χ0n) is 17.0. The highest BCUT2D eigenvalue weighted by molar-refractivity contribution is 7.14. The summed E-state index contributed by atoms with van der Waals surface area (Å²) in [5.41, 5.74) is 6.83. The number of hydrogen-bond donors (Lipinski definition) is 1. The van der Waals surface area contributed by atoms with Crippen LogP contribution in [0.5, 0.6) is 0 Å². The van der Waals surface area contributed by atoms with Crippen molar-refractivity contribution >= 4 is 29.1 Å². The van der Waals surface area contributed by atoms with E-state index in [1.54, 1.807) is 4.90 Å². The second-order valence-electron chi connectivity index (χ2n) is 9.00. The average Bonchev–Trinajstić information content (AvgIpc) is 3.08. The van der Waals surface area contributed by atoms with E-state index in [2.05, 4.69) is 20.8 Å². The number of carbonyl (C=O) groups is 3. The van der Waals surface area contributed by atoms with Gasteiger partial charge in [-0.1, -0.05) is 20.8 Å². The second kappa shape index (κ2) is 8.23. The van der Waals surface area contributed by atoms with Crippen LogP contribution in [0.1, 0.15) is 60.1 Å². The molecule has 2 heterocycles. The predicted molar refractivity (Wildman–Crippen MR) is 108 cm³/mol. The van der Waals surface area contributed by atoms with E-state index in [0.717, 1.165) is 19.3 Å². The van der Waals surface area contributed by atoms with E-state index in [1.165, 1.54) is 21.8 Å². The Morgan fingerprint density at radius 3 is 2.50 bits per heavy atom. The molecule has 1 atom stereocenters. The first kappa shape index (κ1) is 20.8. The Labute approximate surface area is 170 Å². The number of carbonyl (C=O) groups excluding carboxylic acids is 3. The molecule has 2 aliphatic rings. The van der Waals surface area contributed by atoms with Crippen LogP contribution in [0.3, 0.4) is 0 Å². The summed E-state index contributed by atoms with van der Waals surface area (Å²) in [6, 6.07) is 1.95. The number of fused-ring (bicyclic) bond motifs is 1. The molecule has 7 heteroatoms. The summed E-state index contributed by atoms with van der Waals surface area (Å²) in [5.74, 6) is -0.504. The van der Waals surface area contributed by atoms with Crippen LogP contribution in [0.2, 0.25) is 0 Å². The highest BCUT2D eigenvalue weighted by Gasteiger charge is 2.31. The maximum Gasteiger partial charge on any atom is 0.348 e. The molecule has 3 rings (SSSR count). The topological polar surface area (TPSA) is 89.7 Å².